The van der Waals surface area contributed by atoms with Gasteiger partial charge in [-0.05, 0) is 47.1 Å². The molecule has 0 saturated heterocycles. The van der Waals surface area contributed by atoms with E-state index in [1.54, 1.807) is 36.4 Å². The fourth-order valence-corrected chi connectivity index (χ4v) is 3.28. The normalized spacial score (nSPS) is 12.1. The molecule has 0 radical (unpaired) electrons. The number of rotatable bonds is 12. The van der Waals surface area contributed by atoms with Crippen molar-refractivity contribution >= 4 is 24.2 Å². The van der Waals surface area contributed by atoms with Gasteiger partial charge in [-0.1, -0.05) is 65.8 Å². The Morgan fingerprint density at radius 3 is 1.88 bits per heavy atom. The molecule has 0 aromatic heterocycles. The quantitative estimate of drug-likeness (QED) is 0.149. The van der Waals surface area contributed by atoms with Crippen molar-refractivity contribution in [3.8, 4) is 11.5 Å². The molecule has 2 aromatic rings. The molecule has 0 amide bonds. The average Bonchev–Trinajstić information content (AvgIpc) is 2.93. The average molecular weight is 588 g/mol. The minimum atomic E-state index is -0.988. The van der Waals surface area contributed by atoms with Gasteiger partial charge in [0.1, 0.15) is 12.6 Å². The lowest BCUT2D eigenvalue weighted by molar-refractivity contribution is -0.143. The molecule has 230 valence electrons. The van der Waals surface area contributed by atoms with Crippen molar-refractivity contribution in [1.29, 1.82) is 0 Å². The van der Waals surface area contributed by atoms with E-state index in [4.69, 9.17) is 28.4 Å². The third-order valence-corrected chi connectivity index (χ3v) is 5.30. The first-order valence-electron chi connectivity index (χ1n) is 13.5. The molecule has 42 heavy (non-hydrogen) atoms. The molecular weight excluding hydrogens is 546 g/mol. The Balaban J connectivity index is 2.13. The van der Waals surface area contributed by atoms with Crippen LogP contribution in [-0.4, -0.2) is 63.8 Å². The van der Waals surface area contributed by atoms with Crippen LogP contribution in [0.1, 0.15) is 57.5 Å². The molecule has 0 saturated carbocycles. The molecule has 0 bridgehead atoms. The van der Waals surface area contributed by atoms with Gasteiger partial charge in [-0.3, -0.25) is 4.79 Å². The Morgan fingerprint density at radius 1 is 0.762 bits per heavy atom. The maximum atomic E-state index is 12.5. The highest BCUT2D eigenvalue weighted by molar-refractivity contribution is 5.89. The van der Waals surface area contributed by atoms with Gasteiger partial charge in [-0.2, -0.15) is 0 Å². The summed E-state index contributed by atoms with van der Waals surface area (Å²) in [6.45, 7) is 11.8. The highest BCUT2D eigenvalue weighted by Crippen LogP contribution is 2.30. The zero-order chi connectivity index (χ0) is 31.3. The second-order valence-corrected chi connectivity index (χ2v) is 11.9. The van der Waals surface area contributed by atoms with Crippen LogP contribution in [0.25, 0.3) is 0 Å². The minimum Gasteiger partial charge on any atom is -0.468 e. The Morgan fingerprint density at radius 2 is 1.33 bits per heavy atom. The van der Waals surface area contributed by atoms with Gasteiger partial charge >= 0.3 is 24.2 Å². The lowest BCUT2D eigenvalue weighted by atomic mass is 9.99. The van der Waals surface area contributed by atoms with E-state index in [9.17, 15) is 19.2 Å². The molecule has 0 spiro atoms. The van der Waals surface area contributed by atoms with Gasteiger partial charge in [0.2, 0.25) is 0 Å². The van der Waals surface area contributed by atoms with E-state index in [1.165, 1.54) is 19.2 Å². The number of benzene rings is 2. The molecule has 1 atom stereocenters. The second-order valence-electron chi connectivity index (χ2n) is 11.9. The number of esters is 2. The molecular formula is C31H41NO10. The van der Waals surface area contributed by atoms with Crippen molar-refractivity contribution in [1.82, 2.24) is 5.32 Å². The molecule has 0 fully saturated rings. The van der Waals surface area contributed by atoms with Crippen LogP contribution < -0.4 is 14.8 Å². The Kier molecular flexibility index (Phi) is 12.8. The number of hydrogen-bond acceptors (Lipinski definition) is 11. The van der Waals surface area contributed by atoms with Crippen LogP contribution in [0.15, 0.2) is 48.5 Å². The van der Waals surface area contributed by atoms with Gasteiger partial charge in [-0.15, -0.1) is 0 Å². The predicted molar refractivity (Wildman–Crippen MR) is 154 cm³/mol. The van der Waals surface area contributed by atoms with E-state index in [1.807, 2.05) is 41.5 Å². The summed E-state index contributed by atoms with van der Waals surface area (Å²) in [6.07, 6.45) is -1.84. The van der Waals surface area contributed by atoms with E-state index in [0.717, 1.165) is 0 Å². The molecule has 0 heterocycles. The molecule has 11 heteroatoms. The van der Waals surface area contributed by atoms with Crippen LogP contribution >= 0.6 is 0 Å². The standard InChI is InChI=1S/C31H41NO10/c1-30(2,3)19-39-28(35)41-24-14-13-21(18-25(24)42-29(36)40-20-31(4,5)6)17-23(27(34)37-7)32-15-16-38-26(33)22-11-9-8-10-12-22/h8-14,18,23,32H,15-17,19-20H2,1-7H3/t23-/m0/s1. The van der Waals surface area contributed by atoms with Crippen molar-refractivity contribution in [2.24, 2.45) is 10.8 Å². The molecule has 0 aliphatic heterocycles. The van der Waals surface area contributed by atoms with Crippen molar-refractivity contribution in [3.63, 3.8) is 0 Å². The maximum absolute atomic E-state index is 12.5. The number of methoxy groups -OCH3 is 1. The first kappa shape index (κ1) is 34.1. The van der Waals surface area contributed by atoms with Crippen molar-refractivity contribution in [2.75, 3.05) is 33.5 Å². The van der Waals surface area contributed by atoms with Crippen LogP contribution in [0.3, 0.4) is 0 Å². The minimum absolute atomic E-state index is 0.0126. The molecule has 1 N–H and O–H groups in total. The fourth-order valence-electron chi connectivity index (χ4n) is 3.28. The van der Waals surface area contributed by atoms with Crippen LogP contribution in [-0.2, 0) is 30.2 Å². The zero-order valence-corrected chi connectivity index (χ0v) is 25.3. The summed E-state index contributed by atoms with van der Waals surface area (Å²) < 4.78 is 31.2. The zero-order valence-electron chi connectivity index (χ0n) is 25.3. The lowest BCUT2D eigenvalue weighted by Gasteiger charge is -2.20. The van der Waals surface area contributed by atoms with Gasteiger partial charge in [0.05, 0.1) is 25.9 Å². The van der Waals surface area contributed by atoms with Gasteiger partial charge in [-0.25, -0.2) is 14.4 Å². The number of carbonyl (C=O) groups excluding carboxylic acids is 4. The Hall–Kier alpha value is -4.12. The third kappa shape index (κ3) is 13.0. The molecule has 11 nitrogen and oxygen atoms in total. The largest absolute Gasteiger partial charge is 0.513 e. The number of hydrogen-bond donors (Lipinski definition) is 1. The molecule has 0 aliphatic rings. The Bertz CT molecular complexity index is 1200. The fraction of sp³-hybridized carbons (Fsp3) is 0.484. The van der Waals surface area contributed by atoms with Crippen LogP contribution in [0.2, 0.25) is 0 Å². The van der Waals surface area contributed by atoms with Crippen LogP contribution in [0.5, 0.6) is 11.5 Å². The summed E-state index contributed by atoms with van der Waals surface area (Å²) in [4.78, 5) is 49.4. The Labute approximate surface area is 246 Å². The summed E-state index contributed by atoms with van der Waals surface area (Å²) in [5, 5.41) is 3.01. The van der Waals surface area contributed by atoms with E-state index < -0.39 is 30.3 Å². The number of ether oxygens (including phenoxy) is 6. The molecule has 0 aliphatic carbocycles. The van der Waals surface area contributed by atoms with Crippen LogP contribution in [0, 0.1) is 10.8 Å². The van der Waals surface area contributed by atoms with E-state index in [-0.39, 0.29) is 55.1 Å². The van der Waals surface area contributed by atoms with Gasteiger partial charge in [0.25, 0.3) is 0 Å². The maximum Gasteiger partial charge on any atom is 0.513 e. The van der Waals surface area contributed by atoms with Gasteiger partial charge in [0.15, 0.2) is 11.5 Å². The summed E-state index contributed by atoms with van der Waals surface area (Å²) in [6, 6.07) is 12.2. The van der Waals surface area contributed by atoms with Crippen LogP contribution in [0.4, 0.5) is 9.59 Å². The summed E-state index contributed by atoms with van der Waals surface area (Å²) in [7, 11) is 1.26. The SMILES string of the molecule is COC(=O)[C@H](Cc1ccc(OC(=O)OCC(C)(C)C)c(OC(=O)OCC(C)(C)C)c1)NCCOC(=O)c1ccccc1. The first-order valence-corrected chi connectivity index (χ1v) is 13.5. The summed E-state index contributed by atoms with van der Waals surface area (Å²) in [5.74, 6) is -1.20. The lowest BCUT2D eigenvalue weighted by Crippen LogP contribution is -2.41. The molecule has 0 unspecified atom stereocenters. The topological polar surface area (TPSA) is 136 Å². The van der Waals surface area contributed by atoms with E-state index in [2.05, 4.69) is 5.32 Å². The van der Waals surface area contributed by atoms with E-state index in [0.29, 0.717) is 11.1 Å². The molecule has 2 aromatic carbocycles. The number of nitrogens with one attached hydrogen (secondary N) is 1. The summed E-state index contributed by atoms with van der Waals surface area (Å²) in [5.41, 5.74) is 0.383. The van der Waals surface area contributed by atoms with Gasteiger partial charge in [0, 0.05) is 6.54 Å². The van der Waals surface area contributed by atoms with Crippen molar-refractivity contribution < 1.29 is 47.6 Å². The monoisotopic (exact) mass is 587 g/mol. The van der Waals surface area contributed by atoms with Gasteiger partial charge < -0.3 is 33.7 Å². The van der Waals surface area contributed by atoms with Crippen molar-refractivity contribution in [3.05, 3.63) is 59.7 Å². The smallest absolute Gasteiger partial charge is 0.468 e. The van der Waals surface area contributed by atoms with Crippen molar-refractivity contribution in [2.45, 2.75) is 54.0 Å². The second kappa shape index (κ2) is 15.8. The molecule has 2 rings (SSSR count). The third-order valence-electron chi connectivity index (χ3n) is 5.30. The van der Waals surface area contributed by atoms with E-state index >= 15 is 0 Å². The number of carbonyl (C=O) groups is 4. The first-order chi connectivity index (χ1) is 19.7. The summed E-state index contributed by atoms with van der Waals surface area (Å²) >= 11 is 0. The predicted octanol–water partition coefficient (Wildman–Crippen LogP) is 5.34. The highest BCUT2D eigenvalue weighted by Gasteiger charge is 2.23. The highest BCUT2D eigenvalue weighted by atomic mass is 16.7.